The number of nitrogens with zero attached hydrogens (tertiary/aromatic N) is 1. The Morgan fingerprint density at radius 2 is 1.70 bits per heavy atom. The zero-order chi connectivity index (χ0) is 30.5. The fourth-order valence-electron chi connectivity index (χ4n) is 4.01. The Labute approximate surface area is 237 Å². The molecule has 4 N–H and O–H groups in total. The van der Waals surface area contributed by atoms with Gasteiger partial charge in [0.2, 0.25) is 17.7 Å². The van der Waals surface area contributed by atoms with Crippen molar-refractivity contribution < 1.29 is 33.4 Å². The maximum absolute atomic E-state index is 14.1. The molecule has 0 heterocycles. The van der Waals surface area contributed by atoms with Crippen LogP contribution in [0.15, 0.2) is 18.2 Å². The number of nitrogens with two attached hydrogens (primary N) is 1. The van der Waals surface area contributed by atoms with Crippen LogP contribution in [0.25, 0.3) is 0 Å². The van der Waals surface area contributed by atoms with E-state index < -0.39 is 47.5 Å². The van der Waals surface area contributed by atoms with E-state index in [1.54, 1.807) is 26.8 Å². The second-order valence-electron chi connectivity index (χ2n) is 10.8. The predicted molar refractivity (Wildman–Crippen MR) is 151 cm³/mol. The van der Waals surface area contributed by atoms with Gasteiger partial charge in [0.15, 0.2) is 0 Å². The van der Waals surface area contributed by atoms with Crippen molar-refractivity contribution in [1.29, 1.82) is 0 Å². The fraction of sp³-hybridized carbons (Fsp3) is 0.621. The van der Waals surface area contributed by atoms with E-state index in [1.807, 2.05) is 26.0 Å². The summed E-state index contributed by atoms with van der Waals surface area (Å²) in [6, 6.07) is 3.14. The van der Waals surface area contributed by atoms with E-state index in [1.165, 1.54) is 12.0 Å². The van der Waals surface area contributed by atoms with Crippen LogP contribution in [0.2, 0.25) is 0 Å². The summed E-state index contributed by atoms with van der Waals surface area (Å²) in [6.07, 6.45) is 2.23. The van der Waals surface area contributed by atoms with Crippen molar-refractivity contribution >= 4 is 29.8 Å². The van der Waals surface area contributed by atoms with Crippen molar-refractivity contribution in [3.63, 3.8) is 0 Å². The van der Waals surface area contributed by atoms with E-state index in [9.17, 15) is 24.0 Å². The zero-order valence-corrected chi connectivity index (χ0v) is 24.9. The van der Waals surface area contributed by atoms with Crippen molar-refractivity contribution in [3.8, 4) is 0 Å². The van der Waals surface area contributed by atoms with Crippen LogP contribution in [0.3, 0.4) is 0 Å². The molecule has 0 saturated carbocycles. The lowest BCUT2D eigenvalue weighted by molar-refractivity contribution is -0.145. The number of rotatable bonds is 15. The summed E-state index contributed by atoms with van der Waals surface area (Å²) >= 11 is 0. The molecular weight excluding hydrogens is 516 g/mol. The number of ether oxygens (including phenoxy) is 2. The number of amides is 4. The van der Waals surface area contributed by atoms with Gasteiger partial charge in [-0.15, -0.1) is 0 Å². The van der Waals surface area contributed by atoms with Gasteiger partial charge in [0.1, 0.15) is 24.2 Å². The lowest BCUT2D eigenvalue weighted by Crippen LogP contribution is -2.53. The average molecular weight is 563 g/mol. The molecule has 4 amide bonds. The summed E-state index contributed by atoms with van der Waals surface area (Å²) in [5, 5.41) is 5.14. The lowest BCUT2D eigenvalue weighted by atomic mass is 9.97. The zero-order valence-electron chi connectivity index (χ0n) is 24.9. The van der Waals surface area contributed by atoms with Crippen LogP contribution in [-0.2, 0) is 28.7 Å². The van der Waals surface area contributed by atoms with Gasteiger partial charge in [0, 0.05) is 13.0 Å². The van der Waals surface area contributed by atoms with E-state index in [0.29, 0.717) is 12.0 Å². The average Bonchev–Trinajstić information content (AvgIpc) is 2.87. The van der Waals surface area contributed by atoms with Gasteiger partial charge in [-0.2, -0.15) is 0 Å². The molecule has 224 valence electrons. The minimum atomic E-state index is -1.18. The summed E-state index contributed by atoms with van der Waals surface area (Å²) in [5.41, 5.74) is 7.00. The minimum absolute atomic E-state index is 0.0811. The van der Waals surface area contributed by atoms with Crippen molar-refractivity contribution in [2.24, 2.45) is 5.73 Å². The highest BCUT2D eigenvalue weighted by Gasteiger charge is 2.36. The summed E-state index contributed by atoms with van der Waals surface area (Å²) in [6.45, 7) is 10.8. The first-order valence-corrected chi connectivity index (χ1v) is 13.7. The smallest absolute Gasteiger partial charge is 0.408 e. The number of nitrogens with one attached hydrogen (secondary N) is 2. The van der Waals surface area contributed by atoms with E-state index in [0.717, 1.165) is 30.4 Å². The quantitative estimate of drug-likeness (QED) is 0.219. The molecule has 0 spiro atoms. The first-order valence-electron chi connectivity index (χ1n) is 13.7. The topological polar surface area (TPSA) is 157 Å². The maximum Gasteiger partial charge on any atom is 0.408 e. The van der Waals surface area contributed by atoms with Crippen LogP contribution < -0.4 is 16.4 Å². The third-order valence-electron chi connectivity index (χ3n) is 6.25. The number of carbonyl (C=O) groups is 5. The van der Waals surface area contributed by atoms with Crippen LogP contribution in [0.1, 0.15) is 89.0 Å². The molecule has 11 heteroatoms. The van der Waals surface area contributed by atoms with Gasteiger partial charge in [0.25, 0.3) is 0 Å². The molecule has 0 aliphatic rings. The van der Waals surface area contributed by atoms with Gasteiger partial charge in [-0.25, -0.2) is 4.79 Å². The lowest BCUT2D eigenvalue weighted by Gasteiger charge is -2.34. The number of unbranched alkanes of at least 4 members (excludes halogenated alkanes) is 3. The summed E-state index contributed by atoms with van der Waals surface area (Å²) < 4.78 is 10.0. The standard InChI is InChI=1S/C29H46N4O7/c1-8-9-10-11-16-33(27(37)22(14-15-23(30)34)32-28(38)40-29(4,5)6)25(26(36)31-18-24(35)39-7)21-13-12-19(2)20(3)17-21/h12-13,17,22,25H,8-11,14-16,18H2,1-7H3,(H2,30,34)(H,31,36)(H,32,38). The summed E-state index contributed by atoms with van der Waals surface area (Å²) in [7, 11) is 1.21. The number of alkyl carbamates (subject to hydrolysis) is 1. The largest absolute Gasteiger partial charge is 0.468 e. The molecule has 0 aliphatic heterocycles. The highest BCUT2D eigenvalue weighted by Crippen LogP contribution is 2.26. The first kappa shape index (κ1) is 34.4. The Kier molecular flexibility index (Phi) is 14.2. The molecule has 0 radical (unpaired) electrons. The normalized spacial score (nSPS) is 12.6. The second kappa shape index (κ2) is 16.5. The molecule has 2 atom stereocenters. The Morgan fingerprint density at radius 3 is 2.25 bits per heavy atom. The van der Waals surface area contributed by atoms with Crippen molar-refractivity contribution in [1.82, 2.24) is 15.5 Å². The first-order chi connectivity index (χ1) is 18.7. The molecule has 11 nitrogen and oxygen atoms in total. The molecule has 1 aromatic carbocycles. The van der Waals surface area contributed by atoms with E-state index in [-0.39, 0.29) is 25.9 Å². The number of aryl methyl sites for hydroxylation is 2. The SMILES string of the molecule is CCCCCCN(C(=O)C(CCC(N)=O)NC(=O)OC(C)(C)C)C(C(=O)NCC(=O)OC)c1ccc(C)c(C)c1. The van der Waals surface area contributed by atoms with Gasteiger partial charge in [-0.3, -0.25) is 19.2 Å². The third kappa shape index (κ3) is 12.0. The number of benzene rings is 1. The Balaban J connectivity index is 3.56. The van der Waals surface area contributed by atoms with Crippen molar-refractivity contribution in [2.75, 3.05) is 20.2 Å². The Morgan fingerprint density at radius 1 is 1.02 bits per heavy atom. The van der Waals surface area contributed by atoms with Crippen LogP contribution in [0.5, 0.6) is 0 Å². The van der Waals surface area contributed by atoms with Crippen LogP contribution in [-0.4, -0.2) is 66.5 Å². The third-order valence-corrected chi connectivity index (χ3v) is 6.25. The molecule has 2 unspecified atom stereocenters. The van der Waals surface area contributed by atoms with E-state index in [4.69, 9.17) is 10.5 Å². The minimum Gasteiger partial charge on any atom is -0.468 e. The van der Waals surface area contributed by atoms with Gasteiger partial charge in [-0.05, 0) is 64.2 Å². The summed E-state index contributed by atoms with van der Waals surface area (Å²) in [5.74, 6) is -2.43. The molecule has 0 fully saturated rings. The number of primary amides is 1. The molecule has 0 aromatic heterocycles. The predicted octanol–water partition coefficient (Wildman–Crippen LogP) is 3.20. The van der Waals surface area contributed by atoms with Crippen LogP contribution in [0.4, 0.5) is 4.79 Å². The molecule has 0 aliphatic carbocycles. The molecule has 0 saturated heterocycles. The van der Waals surface area contributed by atoms with Crippen molar-refractivity contribution in [3.05, 3.63) is 34.9 Å². The van der Waals surface area contributed by atoms with Crippen molar-refractivity contribution in [2.45, 2.75) is 97.8 Å². The number of esters is 1. The van der Waals surface area contributed by atoms with E-state index >= 15 is 0 Å². The highest BCUT2D eigenvalue weighted by atomic mass is 16.6. The van der Waals surface area contributed by atoms with Gasteiger partial charge in [-0.1, -0.05) is 44.4 Å². The Bertz CT molecular complexity index is 1040. The summed E-state index contributed by atoms with van der Waals surface area (Å²) in [4.78, 5) is 65.2. The molecule has 0 bridgehead atoms. The van der Waals surface area contributed by atoms with Crippen LogP contribution in [0, 0.1) is 13.8 Å². The molecule has 1 aromatic rings. The molecule has 40 heavy (non-hydrogen) atoms. The maximum atomic E-state index is 14.1. The number of methoxy groups -OCH3 is 1. The molecular formula is C29H46N4O7. The van der Waals surface area contributed by atoms with E-state index in [2.05, 4.69) is 22.3 Å². The number of hydrogen-bond donors (Lipinski definition) is 3. The van der Waals surface area contributed by atoms with Gasteiger partial charge in [0.05, 0.1) is 7.11 Å². The van der Waals surface area contributed by atoms with Gasteiger partial charge >= 0.3 is 12.1 Å². The Hall–Kier alpha value is -3.63. The highest BCUT2D eigenvalue weighted by molar-refractivity contribution is 5.93. The number of carbonyl (C=O) groups excluding carboxylic acids is 5. The van der Waals surface area contributed by atoms with Gasteiger partial charge < -0.3 is 30.7 Å². The van der Waals surface area contributed by atoms with Crippen LogP contribution >= 0.6 is 0 Å². The number of hydrogen-bond acceptors (Lipinski definition) is 7. The molecule has 1 rings (SSSR count). The monoisotopic (exact) mass is 562 g/mol. The fourth-order valence-corrected chi connectivity index (χ4v) is 4.01. The second-order valence-corrected chi connectivity index (χ2v) is 10.8.